The quantitative estimate of drug-likeness (QED) is 0.696. The molecular formula is C13H23N3O2. The molecule has 5 heteroatoms. The number of amides is 2. The Morgan fingerprint density at radius 2 is 2.22 bits per heavy atom. The van der Waals surface area contributed by atoms with E-state index in [-0.39, 0.29) is 30.3 Å². The van der Waals surface area contributed by atoms with Gasteiger partial charge in [0, 0.05) is 25.0 Å². The third-order valence-electron chi connectivity index (χ3n) is 4.16. The maximum Gasteiger partial charge on any atom is 0.239 e. The van der Waals surface area contributed by atoms with Crippen LogP contribution in [0.15, 0.2) is 0 Å². The molecule has 2 aliphatic rings. The fraction of sp³-hybridized carbons (Fsp3) is 0.846. The molecule has 1 aliphatic carbocycles. The molecule has 2 amide bonds. The van der Waals surface area contributed by atoms with Gasteiger partial charge in [0.1, 0.15) is 0 Å². The van der Waals surface area contributed by atoms with Crippen molar-refractivity contribution in [3.63, 3.8) is 0 Å². The van der Waals surface area contributed by atoms with Crippen LogP contribution in [0.25, 0.3) is 0 Å². The predicted octanol–water partition coefficient (Wildman–Crippen LogP) is 0.0984. The van der Waals surface area contributed by atoms with E-state index in [9.17, 15) is 9.59 Å². The third kappa shape index (κ3) is 3.02. The van der Waals surface area contributed by atoms with Crippen molar-refractivity contribution in [2.24, 2.45) is 17.6 Å². The lowest BCUT2D eigenvalue weighted by atomic mass is 9.78. The highest BCUT2D eigenvalue weighted by molar-refractivity contribution is 5.86. The van der Waals surface area contributed by atoms with Gasteiger partial charge >= 0.3 is 0 Å². The number of carbonyl (C=O) groups is 2. The first-order chi connectivity index (χ1) is 8.58. The van der Waals surface area contributed by atoms with Crippen LogP contribution in [-0.4, -0.2) is 42.4 Å². The Morgan fingerprint density at radius 3 is 2.94 bits per heavy atom. The molecule has 0 aromatic rings. The van der Waals surface area contributed by atoms with Crippen molar-refractivity contribution >= 4 is 11.8 Å². The molecule has 102 valence electrons. The number of rotatable bonds is 1. The second-order valence-electron chi connectivity index (χ2n) is 5.61. The summed E-state index contributed by atoms with van der Waals surface area (Å²) < 4.78 is 0. The van der Waals surface area contributed by atoms with Gasteiger partial charge in [0.15, 0.2) is 0 Å². The summed E-state index contributed by atoms with van der Waals surface area (Å²) in [6.45, 7) is 3.69. The number of nitrogens with two attached hydrogens (primary N) is 1. The normalized spacial score (nSPS) is 33.8. The average Bonchev–Trinajstić information content (AvgIpc) is 2.56. The standard InChI is InChI=1S/C13H23N3O2/c1-9-7-10(3-4-11(9)14)13(18)16-6-2-5-15-12(17)8-16/h9-11H,2-8,14H2,1H3,(H,15,17). The molecule has 1 aliphatic heterocycles. The molecule has 3 unspecified atom stereocenters. The Balaban J connectivity index is 1.95. The molecule has 1 saturated carbocycles. The minimum Gasteiger partial charge on any atom is -0.354 e. The van der Waals surface area contributed by atoms with Crippen LogP contribution in [0.2, 0.25) is 0 Å². The van der Waals surface area contributed by atoms with Gasteiger partial charge in [-0.3, -0.25) is 9.59 Å². The third-order valence-corrected chi connectivity index (χ3v) is 4.16. The van der Waals surface area contributed by atoms with Gasteiger partial charge in [-0.15, -0.1) is 0 Å². The summed E-state index contributed by atoms with van der Waals surface area (Å²) >= 11 is 0. The van der Waals surface area contributed by atoms with Crippen LogP contribution in [-0.2, 0) is 9.59 Å². The second kappa shape index (κ2) is 5.69. The van der Waals surface area contributed by atoms with Crippen LogP contribution < -0.4 is 11.1 Å². The molecule has 2 fully saturated rings. The van der Waals surface area contributed by atoms with E-state index in [1.165, 1.54) is 0 Å². The van der Waals surface area contributed by atoms with Crippen LogP contribution >= 0.6 is 0 Å². The Labute approximate surface area is 108 Å². The lowest BCUT2D eigenvalue weighted by Gasteiger charge is -2.33. The molecule has 0 aromatic carbocycles. The van der Waals surface area contributed by atoms with E-state index in [4.69, 9.17) is 5.73 Å². The molecule has 0 radical (unpaired) electrons. The largest absolute Gasteiger partial charge is 0.354 e. The van der Waals surface area contributed by atoms with E-state index in [1.807, 2.05) is 0 Å². The molecule has 0 aromatic heterocycles. The van der Waals surface area contributed by atoms with Crippen molar-refractivity contribution in [3.05, 3.63) is 0 Å². The van der Waals surface area contributed by atoms with E-state index in [1.54, 1.807) is 4.90 Å². The summed E-state index contributed by atoms with van der Waals surface area (Å²) in [5.41, 5.74) is 5.98. The van der Waals surface area contributed by atoms with Gasteiger partial charge in [-0.2, -0.15) is 0 Å². The van der Waals surface area contributed by atoms with Crippen molar-refractivity contribution < 1.29 is 9.59 Å². The summed E-state index contributed by atoms with van der Waals surface area (Å²) in [6.07, 6.45) is 3.48. The second-order valence-corrected chi connectivity index (χ2v) is 5.61. The maximum atomic E-state index is 12.4. The van der Waals surface area contributed by atoms with Gasteiger partial charge in [-0.25, -0.2) is 0 Å². The topological polar surface area (TPSA) is 75.4 Å². The van der Waals surface area contributed by atoms with Gasteiger partial charge < -0.3 is 16.0 Å². The average molecular weight is 253 g/mol. The lowest BCUT2D eigenvalue weighted by Crippen LogP contribution is -2.44. The molecule has 1 saturated heterocycles. The van der Waals surface area contributed by atoms with E-state index in [0.29, 0.717) is 19.0 Å². The minimum atomic E-state index is -0.0404. The highest BCUT2D eigenvalue weighted by Gasteiger charge is 2.33. The van der Waals surface area contributed by atoms with E-state index >= 15 is 0 Å². The molecule has 5 nitrogen and oxygen atoms in total. The summed E-state index contributed by atoms with van der Waals surface area (Å²) in [5, 5.41) is 2.80. The number of nitrogens with one attached hydrogen (secondary N) is 1. The van der Waals surface area contributed by atoms with E-state index < -0.39 is 0 Å². The van der Waals surface area contributed by atoms with Gasteiger partial charge in [0.05, 0.1) is 6.54 Å². The highest BCUT2D eigenvalue weighted by atomic mass is 16.2. The van der Waals surface area contributed by atoms with Crippen LogP contribution in [0, 0.1) is 11.8 Å². The first-order valence-corrected chi connectivity index (χ1v) is 6.89. The van der Waals surface area contributed by atoms with Gasteiger partial charge in [0.25, 0.3) is 0 Å². The summed E-state index contributed by atoms with van der Waals surface area (Å²) in [4.78, 5) is 25.6. The van der Waals surface area contributed by atoms with Crippen LogP contribution in [0.4, 0.5) is 0 Å². The Bertz CT molecular complexity index is 332. The summed E-state index contributed by atoms with van der Waals surface area (Å²) in [7, 11) is 0. The highest BCUT2D eigenvalue weighted by Crippen LogP contribution is 2.29. The van der Waals surface area contributed by atoms with Crippen LogP contribution in [0.5, 0.6) is 0 Å². The van der Waals surface area contributed by atoms with Crippen molar-refractivity contribution in [2.75, 3.05) is 19.6 Å². The smallest absolute Gasteiger partial charge is 0.239 e. The van der Waals surface area contributed by atoms with Crippen molar-refractivity contribution in [1.82, 2.24) is 10.2 Å². The fourth-order valence-electron chi connectivity index (χ4n) is 2.90. The SMILES string of the molecule is CC1CC(C(=O)N2CCCNC(=O)C2)CCC1N. The molecule has 3 N–H and O–H groups in total. The van der Waals surface area contributed by atoms with Crippen LogP contribution in [0.3, 0.4) is 0 Å². The molecule has 1 heterocycles. The number of hydrogen-bond acceptors (Lipinski definition) is 3. The zero-order valence-corrected chi connectivity index (χ0v) is 11.0. The predicted molar refractivity (Wildman–Crippen MR) is 68.7 cm³/mol. The summed E-state index contributed by atoms with van der Waals surface area (Å²) in [5.74, 6) is 0.561. The van der Waals surface area contributed by atoms with Crippen LogP contribution in [0.1, 0.15) is 32.6 Å². The fourth-order valence-corrected chi connectivity index (χ4v) is 2.90. The zero-order valence-electron chi connectivity index (χ0n) is 11.0. The molecular weight excluding hydrogens is 230 g/mol. The lowest BCUT2D eigenvalue weighted by molar-refractivity contribution is -0.140. The number of hydrogen-bond donors (Lipinski definition) is 2. The van der Waals surface area contributed by atoms with E-state index in [0.717, 1.165) is 25.7 Å². The number of carbonyl (C=O) groups excluding carboxylic acids is 2. The first kappa shape index (κ1) is 13.3. The zero-order chi connectivity index (χ0) is 13.1. The van der Waals surface area contributed by atoms with Crippen molar-refractivity contribution in [1.29, 1.82) is 0 Å². The van der Waals surface area contributed by atoms with E-state index in [2.05, 4.69) is 12.2 Å². The van der Waals surface area contributed by atoms with Crippen molar-refractivity contribution in [3.8, 4) is 0 Å². The van der Waals surface area contributed by atoms with Crippen molar-refractivity contribution in [2.45, 2.75) is 38.6 Å². The molecule has 0 bridgehead atoms. The van der Waals surface area contributed by atoms with Gasteiger partial charge in [-0.05, 0) is 31.6 Å². The molecule has 18 heavy (non-hydrogen) atoms. The molecule has 2 rings (SSSR count). The van der Waals surface area contributed by atoms with Gasteiger partial charge in [0.2, 0.25) is 11.8 Å². The minimum absolute atomic E-state index is 0.0404. The Kier molecular flexibility index (Phi) is 4.22. The first-order valence-electron chi connectivity index (χ1n) is 6.89. The monoisotopic (exact) mass is 253 g/mol. The molecule has 0 spiro atoms. The Morgan fingerprint density at radius 1 is 1.44 bits per heavy atom. The summed E-state index contributed by atoms with van der Waals surface area (Å²) in [6, 6.07) is 0.224. The maximum absolute atomic E-state index is 12.4. The number of nitrogens with zero attached hydrogens (tertiary/aromatic N) is 1. The Hall–Kier alpha value is -1.10. The molecule has 3 atom stereocenters. The van der Waals surface area contributed by atoms with Gasteiger partial charge in [-0.1, -0.05) is 6.92 Å².